The molecule has 1 aromatic heterocycles. The summed E-state index contributed by atoms with van der Waals surface area (Å²) in [4.78, 5) is 2.47. The lowest BCUT2D eigenvalue weighted by atomic mass is 9.85. The second kappa shape index (κ2) is 14.8. The first-order valence-corrected chi connectivity index (χ1v) is 21.4. The Hall–Kier alpha value is -8.20. The Morgan fingerprint density at radius 1 is 0.306 bits per heavy atom. The van der Waals surface area contributed by atoms with Crippen LogP contribution in [0.15, 0.2) is 243 Å². The van der Waals surface area contributed by atoms with Gasteiger partial charge < -0.3 is 9.47 Å². The lowest BCUT2D eigenvalue weighted by molar-refractivity contribution is 1.17. The number of para-hydroxylation sites is 3. The van der Waals surface area contributed by atoms with Crippen LogP contribution in [0.3, 0.4) is 0 Å². The van der Waals surface area contributed by atoms with Crippen molar-refractivity contribution in [3.63, 3.8) is 0 Å². The van der Waals surface area contributed by atoms with E-state index < -0.39 is 0 Å². The smallest absolute Gasteiger partial charge is 0.0782 e. The number of fused-ring (bicyclic) bond motifs is 7. The quantitative estimate of drug-likeness (QED) is 0.146. The SMILES string of the molecule is c1ccc(-c2c(-c3ccccc3)c3cc(N(c4ccc(-c5cccc6ccccc56)cc4)c4cccc5c6ccccc6n(-c6ccccc6)c45)ccc3c3ccccc23)cc1. The highest BCUT2D eigenvalue weighted by molar-refractivity contribution is 6.22. The third-order valence-electron chi connectivity index (χ3n) is 12.5. The molecule has 0 bridgehead atoms. The van der Waals surface area contributed by atoms with Crippen LogP contribution in [-0.2, 0) is 0 Å². The molecule has 0 saturated carbocycles. The van der Waals surface area contributed by atoms with Gasteiger partial charge >= 0.3 is 0 Å². The Kier molecular flexibility index (Phi) is 8.53. The highest BCUT2D eigenvalue weighted by atomic mass is 15.2. The molecule has 0 radical (unpaired) electrons. The molecule has 11 aromatic carbocycles. The molecule has 0 saturated heterocycles. The Morgan fingerprint density at radius 3 is 1.58 bits per heavy atom. The molecule has 0 unspecified atom stereocenters. The van der Waals surface area contributed by atoms with Crippen LogP contribution in [-0.4, -0.2) is 4.57 Å². The molecule has 0 aliphatic rings. The van der Waals surface area contributed by atoms with E-state index in [4.69, 9.17) is 0 Å². The summed E-state index contributed by atoms with van der Waals surface area (Å²) in [6, 6.07) is 88.6. The van der Waals surface area contributed by atoms with Gasteiger partial charge in [0.15, 0.2) is 0 Å². The molecule has 62 heavy (non-hydrogen) atoms. The maximum atomic E-state index is 2.47. The zero-order chi connectivity index (χ0) is 41.0. The summed E-state index contributed by atoms with van der Waals surface area (Å²) in [5.41, 5.74) is 14.0. The minimum Gasteiger partial charge on any atom is -0.308 e. The molecule has 2 nitrogen and oxygen atoms in total. The molecule has 0 spiro atoms. The van der Waals surface area contributed by atoms with Gasteiger partial charge in [0.2, 0.25) is 0 Å². The van der Waals surface area contributed by atoms with Crippen LogP contribution in [0.1, 0.15) is 0 Å². The van der Waals surface area contributed by atoms with Gasteiger partial charge in [-0.15, -0.1) is 0 Å². The third kappa shape index (κ3) is 5.80. The Labute approximate surface area is 360 Å². The van der Waals surface area contributed by atoms with Gasteiger partial charge in [-0.05, 0) is 114 Å². The lowest BCUT2D eigenvalue weighted by Crippen LogP contribution is -2.12. The summed E-state index contributed by atoms with van der Waals surface area (Å²) < 4.78 is 2.44. The molecule has 0 aliphatic heterocycles. The standard InChI is InChI=1S/C60H40N2/c1-4-19-43(20-5-1)58-53-29-13-12-27-50(53)51-39-38-47(40-55(51)59(58)44-21-6-2-7-22-44)61(46-36-34-42(35-37-46)49-30-16-23-41-18-10-11-26-48(41)49)57-33-17-31-54-52-28-14-15-32-56(52)62(60(54)57)45-24-8-3-9-25-45/h1-40H. The molecule has 12 rings (SSSR count). The molecule has 0 aliphatic carbocycles. The van der Waals surface area contributed by atoms with Gasteiger partial charge in [0.25, 0.3) is 0 Å². The van der Waals surface area contributed by atoms with E-state index in [9.17, 15) is 0 Å². The van der Waals surface area contributed by atoms with Crippen LogP contribution in [0.4, 0.5) is 17.1 Å². The first-order chi connectivity index (χ1) is 30.8. The predicted octanol–water partition coefficient (Wildman–Crippen LogP) is 16.7. The zero-order valence-electron chi connectivity index (χ0n) is 34.0. The predicted molar refractivity (Wildman–Crippen MR) is 264 cm³/mol. The van der Waals surface area contributed by atoms with E-state index >= 15 is 0 Å². The highest BCUT2D eigenvalue weighted by Crippen LogP contribution is 2.49. The van der Waals surface area contributed by atoms with E-state index in [-0.39, 0.29) is 0 Å². The Bertz CT molecular complexity index is 3600. The maximum Gasteiger partial charge on any atom is 0.0782 e. The van der Waals surface area contributed by atoms with E-state index in [1.54, 1.807) is 0 Å². The van der Waals surface area contributed by atoms with Gasteiger partial charge in [-0.1, -0.05) is 194 Å². The van der Waals surface area contributed by atoms with Crippen LogP contribution in [0, 0.1) is 0 Å². The van der Waals surface area contributed by atoms with Crippen molar-refractivity contribution in [3.8, 4) is 39.1 Å². The summed E-state index contributed by atoms with van der Waals surface area (Å²) in [7, 11) is 0. The normalized spacial score (nSPS) is 11.5. The highest BCUT2D eigenvalue weighted by Gasteiger charge is 2.24. The largest absolute Gasteiger partial charge is 0.308 e. The van der Waals surface area contributed by atoms with E-state index in [0.717, 1.165) is 28.3 Å². The summed E-state index contributed by atoms with van der Waals surface area (Å²) in [6.45, 7) is 0. The Balaban J connectivity index is 1.17. The molecule has 0 amide bonds. The molecule has 0 fully saturated rings. The number of nitrogens with zero attached hydrogens (tertiary/aromatic N) is 2. The van der Waals surface area contributed by atoms with Gasteiger partial charge in [0.1, 0.15) is 0 Å². The van der Waals surface area contributed by atoms with Crippen molar-refractivity contribution < 1.29 is 0 Å². The maximum absolute atomic E-state index is 2.47. The van der Waals surface area contributed by atoms with E-state index in [0.29, 0.717) is 0 Å². The van der Waals surface area contributed by atoms with Crippen LogP contribution in [0.2, 0.25) is 0 Å². The zero-order valence-corrected chi connectivity index (χ0v) is 34.0. The molecule has 290 valence electrons. The van der Waals surface area contributed by atoms with Crippen molar-refractivity contribution >= 4 is 71.2 Å². The topological polar surface area (TPSA) is 8.17 Å². The van der Waals surface area contributed by atoms with Crippen molar-refractivity contribution in [1.29, 1.82) is 0 Å². The summed E-state index contributed by atoms with van der Waals surface area (Å²) in [5.74, 6) is 0. The van der Waals surface area contributed by atoms with Crippen LogP contribution in [0.5, 0.6) is 0 Å². The van der Waals surface area contributed by atoms with Crippen molar-refractivity contribution in [3.05, 3.63) is 243 Å². The minimum absolute atomic E-state index is 1.08. The van der Waals surface area contributed by atoms with E-state index in [1.807, 2.05) is 0 Å². The molecular weight excluding hydrogens is 749 g/mol. The van der Waals surface area contributed by atoms with Crippen molar-refractivity contribution in [2.24, 2.45) is 0 Å². The molecule has 0 atom stereocenters. The number of hydrogen-bond donors (Lipinski definition) is 0. The fraction of sp³-hybridized carbons (Fsp3) is 0. The number of rotatable bonds is 7. The minimum atomic E-state index is 1.08. The van der Waals surface area contributed by atoms with Gasteiger partial charge in [-0.3, -0.25) is 0 Å². The summed E-state index contributed by atoms with van der Waals surface area (Å²) >= 11 is 0. The molecule has 2 heteroatoms. The number of hydrogen-bond acceptors (Lipinski definition) is 1. The van der Waals surface area contributed by atoms with Crippen LogP contribution >= 0.6 is 0 Å². The third-order valence-corrected chi connectivity index (χ3v) is 12.5. The average Bonchev–Trinajstić information content (AvgIpc) is 3.69. The van der Waals surface area contributed by atoms with Crippen LogP contribution < -0.4 is 4.90 Å². The second-order valence-electron chi connectivity index (χ2n) is 16.0. The first-order valence-electron chi connectivity index (χ1n) is 21.4. The molecule has 0 N–H and O–H groups in total. The van der Waals surface area contributed by atoms with E-state index in [1.165, 1.54) is 82.0 Å². The number of benzene rings is 11. The fourth-order valence-corrected chi connectivity index (χ4v) is 9.85. The van der Waals surface area contributed by atoms with Gasteiger partial charge in [-0.25, -0.2) is 0 Å². The lowest BCUT2D eigenvalue weighted by Gasteiger charge is -2.28. The molecular formula is C60H40N2. The van der Waals surface area contributed by atoms with Gasteiger partial charge in [0.05, 0.1) is 16.7 Å². The first kappa shape index (κ1) is 35.7. The van der Waals surface area contributed by atoms with Gasteiger partial charge in [-0.2, -0.15) is 0 Å². The van der Waals surface area contributed by atoms with Crippen LogP contribution in [0.25, 0.3) is 93.2 Å². The van der Waals surface area contributed by atoms with Crippen molar-refractivity contribution in [2.45, 2.75) is 0 Å². The summed E-state index contributed by atoms with van der Waals surface area (Å²) in [6.07, 6.45) is 0. The van der Waals surface area contributed by atoms with Gasteiger partial charge in [0, 0.05) is 27.8 Å². The number of anilines is 3. The Morgan fingerprint density at radius 2 is 0.839 bits per heavy atom. The average molecular weight is 789 g/mol. The fourth-order valence-electron chi connectivity index (χ4n) is 9.85. The molecule has 12 aromatic rings. The molecule has 1 heterocycles. The van der Waals surface area contributed by atoms with Crippen molar-refractivity contribution in [2.75, 3.05) is 4.90 Å². The monoisotopic (exact) mass is 788 g/mol. The number of aromatic nitrogens is 1. The van der Waals surface area contributed by atoms with E-state index in [2.05, 4.69) is 252 Å². The van der Waals surface area contributed by atoms with Crippen molar-refractivity contribution in [1.82, 2.24) is 4.57 Å². The second-order valence-corrected chi connectivity index (χ2v) is 16.0. The summed E-state index contributed by atoms with van der Waals surface area (Å²) in [5, 5.41) is 9.85.